The number of thiazole rings is 1. The number of anilines is 1. The van der Waals surface area contributed by atoms with E-state index in [1.165, 1.54) is 6.07 Å². The average Bonchev–Trinajstić information content (AvgIpc) is 2.46. The Kier molecular flexibility index (Phi) is 2.40. The molecule has 0 amide bonds. The predicted octanol–water partition coefficient (Wildman–Crippen LogP) is 1.32. The summed E-state index contributed by atoms with van der Waals surface area (Å²) in [5.74, 6) is 4.85. The number of hydrogen-bond acceptors (Lipinski definition) is 5. The molecule has 0 aliphatic carbocycles. The summed E-state index contributed by atoms with van der Waals surface area (Å²) in [6, 6.07) is 1.40. The molecule has 0 saturated carbocycles. The van der Waals surface area contributed by atoms with Crippen LogP contribution < -0.4 is 11.3 Å². The summed E-state index contributed by atoms with van der Waals surface area (Å²) in [6.07, 6.45) is -4.61. The number of nitrogen functional groups attached to an aromatic ring is 1. The zero-order valence-electron chi connectivity index (χ0n) is 6.01. The van der Waals surface area contributed by atoms with E-state index in [-0.39, 0.29) is 5.13 Å². The summed E-state index contributed by atoms with van der Waals surface area (Å²) in [5, 5.41) is 8.21. The predicted molar refractivity (Wildman–Crippen MR) is 39.6 cm³/mol. The Morgan fingerprint density at radius 2 is 2.15 bits per heavy atom. The molecule has 0 radical (unpaired) electrons. The van der Waals surface area contributed by atoms with Crippen molar-refractivity contribution in [2.45, 2.75) is 6.18 Å². The SMILES string of the molecule is N#Cc1sc(NN)nc1C(F)(F)F. The van der Waals surface area contributed by atoms with Crippen molar-refractivity contribution in [1.29, 1.82) is 5.26 Å². The lowest BCUT2D eigenvalue weighted by atomic mass is 10.4. The summed E-state index contributed by atoms with van der Waals surface area (Å²) in [6.45, 7) is 0. The molecule has 0 atom stereocenters. The maximum Gasteiger partial charge on any atom is 0.435 e. The van der Waals surface area contributed by atoms with E-state index in [9.17, 15) is 13.2 Å². The molecule has 1 aromatic heterocycles. The second-order valence-electron chi connectivity index (χ2n) is 1.95. The van der Waals surface area contributed by atoms with Crippen molar-refractivity contribution in [3.8, 4) is 6.07 Å². The first-order valence-corrected chi connectivity index (χ1v) is 3.75. The molecule has 0 unspecified atom stereocenters. The van der Waals surface area contributed by atoms with Crippen molar-refractivity contribution in [3.05, 3.63) is 10.6 Å². The van der Waals surface area contributed by atoms with Crippen molar-refractivity contribution in [1.82, 2.24) is 4.98 Å². The molecule has 3 N–H and O–H groups in total. The van der Waals surface area contributed by atoms with E-state index in [2.05, 4.69) is 4.98 Å². The molecule has 0 saturated heterocycles. The average molecular weight is 208 g/mol. The Morgan fingerprint density at radius 1 is 1.54 bits per heavy atom. The molecule has 0 bridgehead atoms. The summed E-state index contributed by atoms with van der Waals surface area (Å²) in [5.41, 5.74) is 0.749. The molecule has 0 aliphatic heterocycles. The number of nitrogens with zero attached hydrogens (tertiary/aromatic N) is 2. The number of nitrogens with one attached hydrogen (secondary N) is 1. The zero-order chi connectivity index (χ0) is 10.1. The van der Waals surface area contributed by atoms with E-state index in [0.717, 1.165) is 0 Å². The van der Waals surface area contributed by atoms with E-state index in [1.54, 1.807) is 0 Å². The minimum Gasteiger partial charge on any atom is -0.300 e. The van der Waals surface area contributed by atoms with E-state index in [0.29, 0.717) is 11.3 Å². The van der Waals surface area contributed by atoms with Crippen molar-refractivity contribution >= 4 is 16.5 Å². The fourth-order valence-corrected chi connectivity index (χ4v) is 1.34. The second-order valence-corrected chi connectivity index (χ2v) is 2.95. The molecular weight excluding hydrogens is 205 g/mol. The van der Waals surface area contributed by atoms with Gasteiger partial charge >= 0.3 is 6.18 Å². The highest BCUT2D eigenvalue weighted by atomic mass is 32.1. The number of alkyl halides is 3. The van der Waals surface area contributed by atoms with E-state index in [1.807, 2.05) is 5.43 Å². The third-order valence-electron chi connectivity index (χ3n) is 1.12. The first-order valence-electron chi connectivity index (χ1n) is 2.93. The van der Waals surface area contributed by atoms with Crippen LogP contribution in [0.25, 0.3) is 0 Å². The third-order valence-corrected chi connectivity index (χ3v) is 2.01. The third kappa shape index (κ3) is 1.88. The van der Waals surface area contributed by atoms with Gasteiger partial charge in [0.15, 0.2) is 10.8 Å². The lowest BCUT2D eigenvalue weighted by Gasteiger charge is -2.00. The number of rotatable bonds is 1. The lowest BCUT2D eigenvalue weighted by molar-refractivity contribution is -0.140. The Labute approximate surface area is 74.8 Å². The molecule has 0 spiro atoms. The zero-order valence-corrected chi connectivity index (χ0v) is 6.83. The van der Waals surface area contributed by atoms with Gasteiger partial charge in [-0.15, -0.1) is 0 Å². The maximum atomic E-state index is 12.1. The van der Waals surface area contributed by atoms with Crippen LogP contribution in [-0.2, 0) is 6.18 Å². The van der Waals surface area contributed by atoms with Crippen LogP contribution in [0.3, 0.4) is 0 Å². The molecule has 0 aromatic carbocycles. The second kappa shape index (κ2) is 3.20. The summed E-state index contributed by atoms with van der Waals surface area (Å²) < 4.78 is 36.3. The normalized spacial score (nSPS) is 11.0. The van der Waals surface area contributed by atoms with E-state index >= 15 is 0 Å². The van der Waals surface area contributed by atoms with E-state index in [4.69, 9.17) is 11.1 Å². The van der Waals surface area contributed by atoms with E-state index < -0.39 is 16.7 Å². The summed E-state index contributed by atoms with van der Waals surface area (Å²) in [4.78, 5) is 2.61. The molecule has 1 rings (SSSR count). The van der Waals surface area contributed by atoms with Crippen LogP contribution in [0.1, 0.15) is 10.6 Å². The van der Waals surface area contributed by atoms with Gasteiger partial charge < -0.3 is 0 Å². The molecule has 70 valence electrons. The molecule has 13 heavy (non-hydrogen) atoms. The quantitative estimate of drug-likeness (QED) is 0.539. The van der Waals surface area contributed by atoms with Crippen LogP contribution in [0.4, 0.5) is 18.3 Å². The van der Waals surface area contributed by atoms with Crippen molar-refractivity contribution in [2.75, 3.05) is 5.43 Å². The standard InChI is InChI=1S/C5H3F3N4S/c6-5(7,8)3-2(1-9)13-4(11-3)12-10/h10H2,(H,11,12). The van der Waals surface area contributed by atoms with Crippen molar-refractivity contribution in [3.63, 3.8) is 0 Å². The summed E-state index contributed by atoms with van der Waals surface area (Å²) >= 11 is 0.558. The van der Waals surface area contributed by atoms with Gasteiger partial charge in [-0.1, -0.05) is 11.3 Å². The first kappa shape index (κ1) is 9.76. The Balaban J connectivity index is 3.21. The van der Waals surface area contributed by atoms with Gasteiger partial charge in [0.05, 0.1) is 0 Å². The van der Waals surface area contributed by atoms with Gasteiger partial charge in [-0.25, -0.2) is 10.8 Å². The summed E-state index contributed by atoms with van der Waals surface area (Å²) in [7, 11) is 0. The Hall–Kier alpha value is -1.33. The van der Waals surface area contributed by atoms with Gasteiger partial charge in [-0.05, 0) is 0 Å². The van der Waals surface area contributed by atoms with Crippen LogP contribution in [-0.4, -0.2) is 4.98 Å². The van der Waals surface area contributed by atoms with Gasteiger partial charge in [0.2, 0.25) is 0 Å². The highest BCUT2D eigenvalue weighted by molar-refractivity contribution is 7.16. The van der Waals surface area contributed by atoms with Crippen LogP contribution in [0.2, 0.25) is 0 Å². The monoisotopic (exact) mass is 208 g/mol. The van der Waals surface area contributed by atoms with Gasteiger partial charge in [0.25, 0.3) is 0 Å². The fraction of sp³-hybridized carbons (Fsp3) is 0.200. The minimum absolute atomic E-state index is 0.135. The molecule has 0 fully saturated rings. The van der Waals surface area contributed by atoms with Crippen LogP contribution in [0, 0.1) is 11.3 Å². The number of halogens is 3. The van der Waals surface area contributed by atoms with Gasteiger partial charge in [0.1, 0.15) is 10.9 Å². The number of nitrogens with two attached hydrogens (primary N) is 1. The van der Waals surface area contributed by atoms with Gasteiger partial charge in [0, 0.05) is 0 Å². The van der Waals surface area contributed by atoms with Crippen LogP contribution in [0.5, 0.6) is 0 Å². The maximum absolute atomic E-state index is 12.1. The highest BCUT2D eigenvalue weighted by Gasteiger charge is 2.37. The number of aromatic nitrogens is 1. The molecule has 8 heteroatoms. The molecule has 1 aromatic rings. The smallest absolute Gasteiger partial charge is 0.300 e. The molecule has 1 heterocycles. The van der Waals surface area contributed by atoms with Gasteiger partial charge in [-0.2, -0.15) is 18.4 Å². The highest BCUT2D eigenvalue weighted by Crippen LogP contribution is 2.35. The molecule has 4 nitrogen and oxygen atoms in total. The Bertz CT molecular complexity index is 350. The van der Waals surface area contributed by atoms with Gasteiger partial charge in [-0.3, -0.25) is 5.43 Å². The minimum atomic E-state index is -4.61. The van der Waals surface area contributed by atoms with Crippen molar-refractivity contribution < 1.29 is 13.2 Å². The lowest BCUT2D eigenvalue weighted by Crippen LogP contribution is -2.09. The van der Waals surface area contributed by atoms with Crippen LogP contribution in [0.15, 0.2) is 0 Å². The number of hydrazine groups is 1. The largest absolute Gasteiger partial charge is 0.435 e. The Morgan fingerprint density at radius 3 is 2.46 bits per heavy atom. The topological polar surface area (TPSA) is 74.7 Å². The number of nitriles is 1. The van der Waals surface area contributed by atoms with Crippen molar-refractivity contribution in [2.24, 2.45) is 5.84 Å². The first-order chi connectivity index (χ1) is 5.99. The molecular formula is C5H3F3N4S. The fourth-order valence-electron chi connectivity index (χ4n) is 0.650. The van der Waals surface area contributed by atoms with Crippen LogP contribution >= 0.6 is 11.3 Å². The number of hydrogen-bond donors (Lipinski definition) is 2. The molecule has 0 aliphatic rings.